The molecule has 0 aliphatic heterocycles. The molecule has 0 unspecified atom stereocenters. The summed E-state index contributed by atoms with van der Waals surface area (Å²) in [6, 6.07) is 12.2. The summed E-state index contributed by atoms with van der Waals surface area (Å²) in [4.78, 5) is 31.5. The number of aldehydes is 1. The van der Waals surface area contributed by atoms with Gasteiger partial charge < -0.3 is 15.8 Å². The van der Waals surface area contributed by atoms with Gasteiger partial charge in [-0.2, -0.15) is 5.10 Å². The first-order valence-electron chi connectivity index (χ1n) is 12.5. The molecule has 0 saturated heterocycles. The molecule has 0 aliphatic carbocycles. The highest BCUT2D eigenvalue weighted by Gasteiger charge is 2.27. The average Bonchev–Trinajstić information content (AvgIpc) is 3.34. The Morgan fingerprint density at radius 3 is 2.40 bits per heavy atom. The monoisotopic (exact) mass is 551 g/mol. The van der Waals surface area contributed by atoms with Crippen molar-refractivity contribution in [3.8, 4) is 17.0 Å². The van der Waals surface area contributed by atoms with E-state index in [4.69, 9.17) is 4.74 Å². The van der Waals surface area contributed by atoms with Crippen LogP contribution in [-0.2, 0) is 12.1 Å². The van der Waals surface area contributed by atoms with Crippen molar-refractivity contribution in [1.29, 1.82) is 0 Å². The minimum atomic E-state index is -0.570. The lowest BCUT2D eigenvalue weighted by molar-refractivity contribution is -0.385. The number of rotatable bonds is 8. The Hall–Kier alpha value is -4.71. The highest BCUT2D eigenvalue weighted by Crippen LogP contribution is 2.37. The number of nitrogens with zero attached hydrogens (tertiary/aromatic N) is 5. The summed E-state index contributed by atoms with van der Waals surface area (Å²) in [5.74, 6) is 0.419. The van der Waals surface area contributed by atoms with Gasteiger partial charge in [-0.1, -0.05) is 19.9 Å². The summed E-state index contributed by atoms with van der Waals surface area (Å²) in [6.45, 7) is 9.68. The second-order valence-electron chi connectivity index (χ2n) is 8.85. The van der Waals surface area contributed by atoms with Gasteiger partial charge in [0.1, 0.15) is 29.8 Å². The molecule has 3 aromatic heterocycles. The largest absolute Gasteiger partial charge is 0.480 e. The fraction of sp³-hybridized carbons (Fsp3) is 0.286. The van der Waals surface area contributed by atoms with Crippen molar-refractivity contribution >= 4 is 23.6 Å². The molecule has 0 aliphatic rings. The number of nitrogens with one attached hydrogen (secondary N) is 1. The van der Waals surface area contributed by atoms with E-state index in [0.717, 1.165) is 6.20 Å². The van der Waals surface area contributed by atoms with Crippen molar-refractivity contribution in [1.82, 2.24) is 19.7 Å². The maximum Gasteiger partial charge on any atom is 0.310 e. The summed E-state index contributed by atoms with van der Waals surface area (Å²) in [5, 5.41) is 19.5. The van der Waals surface area contributed by atoms with E-state index in [9.17, 15) is 19.3 Å². The molecule has 0 amide bonds. The van der Waals surface area contributed by atoms with E-state index in [1.54, 1.807) is 23.0 Å². The number of anilines is 2. The van der Waals surface area contributed by atoms with E-state index in [1.165, 1.54) is 37.4 Å². The number of nitro groups is 1. The fourth-order valence-corrected chi connectivity index (χ4v) is 3.49. The van der Waals surface area contributed by atoms with Gasteiger partial charge in [0, 0.05) is 17.8 Å². The van der Waals surface area contributed by atoms with Crippen LogP contribution in [0.4, 0.5) is 21.7 Å². The van der Waals surface area contributed by atoms with Crippen molar-refractivity contribution in [2.24, 2.45) is 5.73 Å². The third kappa shape index (κ3) is 7.67. The molecule has 40 heavy (non-hydrogen) atoms. The number of hydrogen-bond donors (Lipinski definition) is 2. The Morgan fingerprint density at radius 2 is 1.85 bits per heavy atom. The van der Waals surface area contributed by atoms with Crippen LogP contribution in [0.25, 0.3) is 11.3 Å². The van der Waals surface area contributed by atoms with Gasteiger partial charge in [0.2, 0.25) is 0 Å². The lowest BCUT2D eigenvalue weighted by Crippen LogP contribution is -2.24. The molecule has 4 rings (SSSR count). The van der Waals surface area contributed by atoms with Crippen molar-refractivity contribution < 1.29 is 18.8 Å². The molecule has 0 radical (unpaired) electrons. The normalized spacial score (nSPS) is 10.4. The number of aromatic nitrogens is 4. The van der Waals surface area contributed by atoms with Gasteiger partial charge in [0.25, 0.3) is 0 Å². The van der Waals surface area contributed by atoms with Crippen molar-refractivity contribution in [2.45, 2.75) is 46.8 Å². The third-order valence-corrected chi connectivity index (χ3v) is 5.18. The number of pyridine rings is 2. The number of hydrogen-bond acceptors (Lipinski definition) is 9. The molecule has 0 spiro atoms. The quantitative estimate of drug-likeness (QED) is 0.155. The first-order valence-corrected chi connectivity index (χ1v) is 12.5. The van der Waals surface area contributed by atoms with Crippen LogP contribution in [0.3, 0.4) is 0 Å². The van der Waals surface area contributed by atoms with Crippen molar-refractivity contribution in [2.75, 3.05) is 12.4 Å². The van der Waals surface area contributed by atoms with Crippen LogP contribution in [0.15, 0.2) is 60.9 Å². The van der Waals surface area contributed by atoms with E-state index in [1.807, 2.05) is 40.7 Å². The predicted molar refractivity (Wildman–Crippen MR) is 152 cm³/mol. The number of nitrogens with two attached hydrogens (primary N) is 1. The predicted octanol–water partition coefficient (Wildman–Crippen LogP) is 5.88. The molecule has 11 nitrogen and oxygen atoms in total. The third-order valence-electron chi connectivity index (χ3n) is 5.18. The van der Waals surface area contributed by atoms with Crippen LogP contribution in [0.5, 0.6) is 5.75 Å². The zero-order chi connectivity index (χ0) is 29.9. The SMILES string of the molecule is CC.CC(C)(C)n1nc(-c2ccc([N+](=O)[O-])c(OCc3ccc(F)cn3)c2)c(C=O)c1Nc1ccccn1.CN. The molecule has 3 heterocycles. The first kappa shape index (κ1) is 31.5. The number of ether oxygens (including phenoxy) is 1. The van der Waals surface area contributed by atoms with Crippen molar-refractivity contribution in [3.63, 3.8) is 0 Å². The maximum atomic E-state index is 13.1. The molecule has 3 N–H and O–H groups in total. The van der Waals surface area contributed by atoms with Crippen LogP contribution in [-0.4, -0.2) is 38.0 Å². The molecule has 4 aromatic rings. The van der Waals surface area contributed by atoms with Gasteiger partial charge in [-0.15, -0.1) is 0 Å². The van der Waals surface area contributed by atoms with Gasteiger partial charge in [0.05, 0.1) is 27.9 Å². The Kier molecular flexibility index (Phi) is 11.4. The van der Waals surface area contributed by atoms with Crippen LogP contribution < -0.4 is 15.8 Å². The summed E-state index contributed by atoms with van der Waals surface area (Å²) < 4.78 is 20.5. The molecule has 0 fully saturated rings. The highest BCUT2D eigenvalue weighted by molar-refractivity contribution is 5.93. The van der Waals surface area contributed by atoms with E-state index >= 15 is 0 Å². The van der Waals surface area contributed by atoms with Gasteiger partial charge >= 0.3 is 5.69 Å². The zero-order valence-corrected chi connectivity index (χ0v) is 23.4. The summed E-state index contributed by atoms with van der Waals surface area (Å²) in [5.41, 5.74) is 5.13. The summed E-state index contributed by atoms with van der Waals surface area (Å²) >= 11 is 0. The number of benzene rings is 1. The second-order valence-corrected chi connectivity index (χ2v) is 8.85. The Bertz CT molecular complexity index is 1400. The van der Waals surface area contributed by atoms with Crippen LogP contribution >= 0.6 is 0 Å². The zero-order valence-electron chi connectivity index (χ0n) is 23.4. The minimum absolute atomic E-state index is 0.0370. The molecule has 212 valence electrons. The number of carbonyl (C=O) groups excluding carboxylic acids is 1. The second kappa shape index (κ2) is 14.4. The maximum absolute atomic E-state index is 13.1. The average molecular weight is 552 g/mol. The molecule has 0 saturated carbocycles. The number of nitro benzene ring substituents is 1. The summed E-state index contributed by atoms with van der Waals surface area (Å²) in [6.07, 6.45) is 3.34. The van der Waals surface area contributed by atoms with Crippen LogP contribution in [0.2, 0.25) is 0 Å². The highest BCUT2D eigenvalue weighted by atomic mass is 19.1. The molecular weight excluding hydrogens is 517 g/mol. The van der Waals surface area contributed by atoms with Crippen molar-refractivity contribution in [3.05, 3.63) is 88.1 Å². The standard InChI is InChI=1S/C25H23FN6O4.C2H6.CH5N/c1-25(2,3)31-24(29-22-6-4-5-11-27-22)19(14-33)23(30-31)16-7-10-20(32(34)35)21(12-16)36-15-18-9-8-17(26)13-28-18;2*1-2/h4-14H,15H2,1-3H3,(H,27,29);1-2H3;2H2,1H3. The van der Waals surface area contributed by atoms with Gasteiger partial charge in [-0.3, -0.25) is 19.9 Å². The molecule has 12 heteroatoms. The van der Waals surface area contributed by atoms with Gasteiger partial charge in [-0.05, 0) is 64.2 Å². The lowest BCUT2D eigenvalue weighted by atomic mass is 10.1. The van der Waals surface area contributed by atoms with E-state index in [-0.39, 0.29) is 23.6 Å². The Morgan fingerprint density at radius 1 is 1.12 bits per heavy atom. The molecule has 0 bridgehead atoms. The number of halogens is 1. The molecule has 1 aromatic carbocycles. The molecular formula is C28H34FN7O4. The summed E-state index contributed by atoms with van der Waals surface area (Å²) in [7, 11) is 1.50. The lowest BCUT2D eigenvalue weighted by Gasteiger charge is -2.22. The van der Waals surface area contributed by atoms with E-state index in [2.05, 4.69) is 26.1 Å². The topological polar surface area (TPSA) is 151 Å². The minimum Gasteiger partial charge on any atom is -0.480 e. The first-order chi connectivity index (χ1) is 19.2. The number of carbonyl (C=O) groups is 1. The fourth-order valence-electron chi connectivity index (χ4n) is 3.49. The van der Waals surface area contributed by atoms with Crippen LogP contribution in [0, 0.1) is 15.9 Å². The molecule has 0 atom stereocenters. The smallest absolute Gasteiger partial charge is 0.310 e. The van der Waals surface area contributed by atoms with E-state index < -0.39 is 16.3 Å². The Balaban J connectivity index is 0.00000134. The Labute approximate surface area is 232 Å². The van der Waals surface area contributed by atoms with Crippen LogP contribution in [0.1, 0.15) is 50.7 Å². The van der Waals surface area contributed by atoms with Gasteiger partial charge in [0.15, 0.2) is 12.0 Å². The van der Waals surface area contributed by atoms with E-state index in [0.29, 0.717) is 34.9 Å². The van der Waals surface area contributed by atoms with Gasteiger partial charge in [-0.25, -0.2) is 14.1 Å².